The second-order valence-electron chi connectivity index (χ2n) is 10.9. The predicted octanol–water partition coefficient (Wildman–Crippen LogP) is 10.6. The number of hydrogen-bond donors (Lipinski definition) is 1. The van der Waals surface area contributed by atoms with E-state index in [4.69, 9.17) is 55.4 Å². The Hall–Kier alpha value is -2.39. The first kappa shape index (κ1) is 46.8. The fraction of sp³-hybridized carbons (Fsp3) is 0.300. The Labute approximate surface area is 346 Å². The van der Waals surface area contributed by atoms with Crippen LogP contribution in [-0.2, 0) is 36.3 Å². The number of aliphatic hydroxyl groups is 1. The van der Waals surface area contributed by atoms with Gasteiger partial charge in [0.05, 0.1) is 34.0 Å². The Kier molecular flexibility index (Phi) is 24.8. The number of methoxy groups -OCH3 is 2. The van der Waals surface area contributed by atoms with E-state index in [1.54, 1.807) is 0 Å². The van der Waals surface area contributed by atoms with E-state index >= 15 is 0 Å². The fourth-order valence-corrected chi connectivity index (χ4v) is 8.96. The molecule has 0 bridgehead atoms. The van der Waals surface area contributed by atoms with Gasteiger partial charge >= 0.3 is 11.9 Å². The minimum Gasteiger partial charge on any atom is -0.468 e. The molecule has 2 unspecified atom stereocenters. The van der Waals surface area contributed by atoms with Gasteiger partial charge in [-0.2, -0.15) is 0 Å². The van der Waals surface area contributed by atoms with Crippen molar-refractivity contribution >= 4 is 102 Å². The molecule has 0 aliphatic carbocycles. The van der Waals surface area contributed by atoms with Crippen LogP contribution in [0.15, 0.2) is 109 Å². The monoisotopic (exact) mass is 848 g/mol. The third-order valence-electron chi connectivity index (χ3n) is 6.89. The van der Waals surface area contributed by atoms with Gasteiger partial charge in [-0.3, -0.25) is 9.59 Å². The number of hydrogen-bond acceptors (Lipinski definition) is 12. The van der Waals surface area contributed by atoms with E-state index in [-0.39, 0.29) is 18.5 Å². The van der Waals surface area contributed by atoms with Crippen LogP contribution in [0.2, 0.25) is 0 Å². The fourth-order valence-electron chi connectivity index (χ4n) is 4.10. The number of esters is 2. The molecule has 0 amide bonds. The number of ether oxygens (including phenoxy) is 3. The van der Waals surface area contributed by atoms with Crippen molar-refractivity contribution in [3.8, 4) is 0 Å². The van der Waals surface area contributed by atoms with Gasteiger partial charge in [-0.25, -0.2) is 0 Å². The molecule has 4 aromatic rings. The quantitative estimate of drug-likeness (QED) is 0.0568. The van der Waals surface area contributed by atoms with Gasteiger partial charge in [-0.15, -0.1) is 35.1 Å². The van der Waals surface area contributed by atoms with Crippen LogP contribution in [0.3, 0.4) is 0 Å². The smallest absolute Gasteiger partial charge is 0.323 e. The molecular weight excluding hydrogens is 804 g/mol. The van der Waals surface area contributed by atoms with Crippen LogP contribution in [0.4, 0.5) is 0 Å². The van der Waals surface area contributed by atoms with E-state index < -0.39 is 10.5 Å². The molecule has 0 aliphatic rings. The van der Waals surface area contributed by atoms with E-state index in [0.717, 1.165) is 22.4 Å². The van der Waals surface area contributed by atoms with E-state index in [2.05, 4.69) is 50.2 Å². The summed E-state index contributed by atoms with van der Waals surface area (Å²) in [5.41, 5.74) is 6.62. The summed E-state index contributed by atoms with van der Waals surface area (Å²) in [5.74, 6) is 1.28. The second kappa shape index (κ2) is 28.1. The summed E-state index contributed by atoms with van der Waals surface area (Å²) in [6.07, 6.45) is 0. The van der Waals surface area contributed by atoms with E-state index in [1.165, 1.54) is 78.0 Å². The molecule has 53 heavy (non-hydrogen) atoms. The minimum absolute atomic E-state index is 0.0690. The molecule has 0 saturated heterocycles. The number of thiocarbonyl (C=S) groups is 2. The average molecular weight is 850 g/mol. The van der Waals surface area contributed by atoms with E-state index in [1.807, 2.05) is 72.8 Å². The standard InChI is InChI=1S/C20H22O3S3.C12H14O3S3.C8H9Cl/c1-15-8-10-16(11-9-15)14-23-12-13-25-20(24)26-18(19(21)22-2)17-6-4-3-5-7-17;1-15-11(14)10(9-5-3-2-4-6-9)18-12(16)17-8-7-13;1-7-2-4-8(6-9)5-3-7/h3-11,18H,12-14H2,1-2H3;2-6,10,13H,7-8H2,1H3;2-5H,6H2,1H3. The number of alkyl halides is 1. The predicted molar refractivity (Wildman–Crippen MR) is 236 cm³/mol. The first-order valence-electron chi connectivity index (χ1n) is 16.4. The van der Waals surface area contributed by atoms with Crippen LogP contribution < -0.4 is 0 Å². The summed E-state index contributed by atoms with van der Waals surface area (Å²) in [6, 6.07) is 35.4. The second-order valence-corrected chi connectivity index (χ2v) is 18.0. The average Bonchev–Trinajstić information content (AvgIpc) is 3.19. The Bertz CT molecular complexity index is 1640. The summed E-state index contributed by atoms with van der Waals surface area (Å²) in [6.45, 7) is 5.40. The zero-order valence-electron chi connectivity index (χ0n) is 30.1. The highest BCUT2D eigenvalue weighted by atomic mass is 35.5. The molecule has 6 nitrogen and oxygen atoms in total. The number of carbonyl (C=O) groups is 2. The number of benzene rings is 4. The lowest BCUT2D eigenvalue weighted by Crippen LogP contribution is -2.12. The van der Waals surface area contributed by atoms with Gasteiger partial charge in [-0.1, -0.05) is 168 Å². The van der Waals surface area contributed by atoms with E-state index in [9.17, 15) is 9.59 Å². The Morgan fingerprint density at radius 1 is 0.660 bits per heavy atom. The SMILES string of the molecule is COC(=O)C(SC(=S)SCCO)c1ccccc1.COC(=O)C(SC(=S)SCCOCc1ccc(C)cc1)c1ccccc1.Cc1ccc(CCl)cc1. The molecule has 4 aromatic carbocycles. The third-order valence-corrected chi connectivity index (χ3v) is 12.8. The molecule has 0 saturated carbocycles. The summed E-state index contributed by atoms with van der Waals surface area (Å²) in [4.78, 5) is 23.8. The zero-order valence-corrected chi connectivity index (χ0v) is 35.8. The number of aliphatic hydroxyl groups excluding tert-OH is 1. The third kappa shape index (κ3) is 19.7. The lowest BCUT2D eigenvalue weighted by atomic mass is 10.1. The highest BCUT2D eigenvalue weighted by Crippen LogP contribution is 2.35. The van der Waals surface area contributed by atoms with Crippen LogP contribution in [0.25, 0.3) is 0 Å². The lowest BCUT2D eigenvalue weighted by Gasteiger charge is -2.14. The molecule has 0 spiro atoms. The van der Waals surface area contributed by atoms with Gasteiger partial charge in [0.1, 0.15) is 17.6 Å². The molecule has 1 N–H and O–H groups in total. The molecule has 0 aromatic heterocycles. The Morgan fingerprint density at radius 3 is 1.47 bits per heavy atom. The highest BCUT2D eigenvalue weighted by molar-refractivity contribution is 8.47. The highest BCUT2D eigenvalue weighted by Gasteiger charge is 2.25. The maximum Gasteiger partial charge on any atom is 0.323 e. The minimum atomic E-state index is -0.449. The van der Waals surface area contributed by atoms with Gasteiger partial charge in [0, 0.05) is 17.4 Å². The topological polar surface area (TPSA) is 82.1 Å². The molecule has 0 heterocycles. The first-order valence-corrected chi connectivity index (χ1v) is 21.5. The Morgan fingerprint density at radius 2 is 1.08 bits per heavy atom. The van der Waals surface area contributed by atoms with Crippen molar-refractivity contribution in [3.63, 3.8) is 0 Å². The summed E-state index contributed by atoms with van der Waals surface area (Å²) in [7, 11) is 2.76. The largest absolute Gasteiger partial charge is 0.468 e. The maximum absolute atomic E-state index is 12.1. The molecule has 13 heteroatoms. The first-order chi connectivity index (χ1) is 25.6. The molecular formula is C40H45ClO6S6. The summed E-state index contributed by atoms with van der Waals surface area (Å²) < 4.78 is 16.7. The van der Waals surface area contributed by atoms with Crippen molar-refractivity contribution < 1.29 is 28.9 Å². The molecule has 0 fully saturated rings. The van der Waals surface area contributed by atoms with Gasteiger partial charge in [0.2, 0.25) is 0 Å². The Balaban J connectivity index is 0.000000309. The molecule has 2 atom stereocenters. The van der Waals surface area contributed by atoms with E-state index in [0.29, 0.717) is 31.9 Å². The molecule has 0 radical (unpaired) electrons. The molecule has 0 aliphatic heterocycles. The maximum atomic E-state index is 12.1. The van der Waals surface area contributed by atoms with Crippen molar-refractivity contribution in [2.24, 2.45) is 0 Å². The number of rotatable bonds is 14. The number of carbonyl (C=O) groups excluding carboxylic acids is 2. The summed E-state index contributed by atoms with van der Waals surface area (Å²) in [5, 5.41) is 7.86. The van der Waals surface area contributed by atoms with Gasteiger partial charge in [-0.05, 0) is 36.1 Å². The number of thioether (sulfide) groups is 4. The molecule has 284 valence electrons. The van der Waals surface area contributed by atoms with Crippen molar-refractivity contribution in [2.45, 2.75) is 36.8 Å². The summed E-state index contributed by atoms with van der Waals surface area (Å²) >= 11 is 21.7. The zero-order chi connectivity index (χ0) is 38.8. The lowest BCUT2D eigenvalue weighted by molar-refractivity contribution is -0.140. The van der Waals surface area contributed by atoms with Crippen molar-refractivity contribution in [2.75, 3.05) is 38.9 Å². The van der Waals surface area contributed by atoms with Crippen molar-refractivity contribution in [1.29, 1.82) is 0 Å². The van der Waals surface area contributed by atoms with Gasteiger partial charge in [0.25, 0.3) is 0 Å². The van der Waals surface area contributed by atoms with Gasteiger partial charge in [0.15, 0.2) is 0 Å². The van der Waals surface area contributed by atoms with Crippen LogP contribution >= 0.6 is 83.1 Å². The van der Waals surface area contributed by atoms with Crippen molar-refractivity contribution in [3.05, 3.63) is 143 Å². The van der Waals surface area contributed by atoms with Crippen LogP contribution in [0.1, 0.15) is 43.9 Å². The number of halogens is 1. The van der Waals surface area contributed by atoms with Crippen LogP contribution in [0.5, 0.6) is 0 Å². The van der Waals surface area contributed by atoms with Gasteiger partial charge < -0.3 is 19.3 Å². The van der Waals surface area contributed by atoms with Crippen LogP contribution in [0, 0.1) is 13.8 Å². The number of aryl methyl sites for hydroxylation is 2. The molecule has 4 rings (SSSR count). The van der Waals surface area contributed by atoms with Crippen molar-refractivity contribution in [1.82, 2.24) is 0 Å². The van der Waals surface area contributed by atoms with Crippen LogP contribution in [-0.4, -0.2) is 63.0 Å². The normalized spacial score (nSPS) is 11.4.